The average molecular weight is 346 g/mol. The molecule has 1 aromatic heterocycles. The molecule has 0 spiro atoms. The van der Waals surface area contributed by atoms with E-state index in [2.05, 4.69) is 10.1 Å². The summed E-state index contributed by atoms with van der Waals surface area (Å²) in [7, 11) is 0. The summed E-state index contributed by atoms with van der Waals surface area (Å²) in [4.78, 5) is 4.17. The van der Waals surface area contributed by atoms with E-state index < -0.39 is 0 Å². The van der Waals surface area contributed by atoms with Crippen LogP contribution in [-0.4, -0.2) is 21.9 Å². The summed E-state index contributed by atoms with van der Waals surface area (Å²) < 4.78 is 11.0. The van der Waals surface area contributed by atoms with Crippen LogP contribution in [0.1, 0.15) is 12.7 Å². The van der Waals surface area contributed by atoms with Crippen LogP contribution in [0.3, 0.4) is 0 Å². The molecule has 0 atom stereocenters. The van der Waals surface area contributed by atoms with E-state index in [0.717, 1.165) is 3.57 Å². The summed E-state index contributed by atoms with van der Waals surface area (Å²) in [6, 6.07) is 5.21. The highest BCUT2D eigenvalue weighted by atomic mass is 127. The van der Waals surface area contributed by atoms with Crippen molar-refractivity contribution in [3.05, 3.63) is 27.6 Å². The maximum Gasteiger partial charge on any atom is 0.258 e. The molecule has 0 aliphatic heterocycles. The molecule has 1 aromatic carbocycles. The van der Waals surface area contributed by atoms with Crippen LogP contribution in [0.15, 0.2) is 22.7 Å². The zero-order valence-electron chi connectivity index (χ0n) is 9.18. The lowest BCUT2D eigenvalue weighted by molar-refractivity contribution is 0.126. The number of ether oxygens (including phenoxy) is 1. The molecule has 0 unspecified atom stereocenters. The zero-order chi connectivity index (χ0) is 12.3. The van der Waals surface area contributed by atoms with E-state index in [0.29, 0.717) is 30.5 Å². The summed E-state index contributed by atoms with van der Waals surface area (Å²) in [5, 5.41) is 13.4. The first-order valence-corrected chi connectivity index (χ1v) is 6.17. The van der Waals surface area contributed by atoms with Gasteiger partial charge in [0.05, 0.1) is 3.57 Å². The Kier molecular flexibility index (Phi) is 3.95. The first-order chi connectivity index (χ1) is 8.20. The van der Waals surface area contributed by atoms with Crippen LogP contribution in [0.5, 0.6) is 5.75 Å². The third-order valence-corrected chi connectivity index (χ3v) is 3.01. The second-order valence-corrected chi connectivity index (χ2v) is 4.48. The highest BCUT2D eigenvalue weighted by Crippen LogP contribution is 2.26. The van der Waals surface area contributed by atoms with E-state index >= 15 is 0 Å². The molecule has 0 saturated heterocycles. The van der Waals surface area contributed by atoms with Gasteiger partial charge >= 0.3 is 0 Å². The second-order valence-electron chi connectivity index (χ2n) is 3.32. The number of hydrogen-bond donors (Lipinski definition) is 1. The van der Waals surface area contributed by atoms with E-state index in [1.165, 1.54) is 0 Å². The Hall–Kier alpha value is -1.15. The number of rotatable bonds is 4. The molecular formula is C11H11IN2O3. The number of phenolic OH excluding ortho intramolecular Hbond substituents is 1. The lowest BCUT2D eigenvalue weighted by atomic mass is 10.2. The fourth-order valence-corrected chi connectivity index (χ4v) is 1.60. The Morgan fingerprint density at radius 1 is 1.47 bits per heavy atom. The minimum atomic E-state index is 0.202. The van der Waals surface area contributed by atoms with Crippen molar-refractivity contribution in [1.29, 1.82) is 0 Å². The molecule has 0 radical (unpaired) electrons. The molecule has 0 saturated carbocycles. The van der Waals surface area contributed by atoms with Crippen molar-refractivity contribution < 1.29 is 14.4 Å². The van der Waals surface area contributed by atoms with Gasteiger partial charge in [-0.15, -0.1) is 0 Å². The number of phenols is 1. The maximum atomic E-state index is 9.59. The van der Waals surface area contributed by atoms with Gasteiger partial charge in [-0.3, -0.25) is 0 Å². The largest absolute Gasteiger partial charge is 0.507 e. The van der Waals surface area contributed by atoms with E-state index in [1.807, 2.05) is 35.6 Å². The smallest absolute Gasteiger partial charge is 0.258 e. The van der Waals surface area contributed by atoms with Crippen LogP contribution in [0.4, 0.5) is 0 Å². The Morgan fingerprint density at radius 2 is 2.29 bits per heavy atom. The number of aromatic nitrogens is 2. The average Bonchev–Trinajstić information content (AvgIpc) is 2.79. The molecule has 2 aromatic rings. The van der Waals surface area contributed by atoms with Gasteiger partial charge in [0.2, 0.25) is 0 Å². The van der Waals surface area contributed by atoms with Gasteiger partial charge < -0.3 is 14.4 Å². The van der Waals surface area contributed by atoms with E-state index in [1.54, 1.807) is 12.1 Å². The summed E-state index contributed by atoms with van der Waals surface area (Å²) in [6.45, 7) is 2.84. The van der Waals surface area contributed by atoms with Crippen LogP contribution in [-0.2, 0) is 11.3 Å². The van der Waals surface area contributed by atoms with Crippen LogP contribution >= 0.6 is 22.6 Å². The summed E-state index contributed by atoms with van der Waals surface area (Å²) in [5.41, 5.74) is 0.693. The van der Waals surface area contributed by atoms with Gasteiger partial charge in [-0.2, -0.15) is 4.98 Å². The van der Waals surface area contributed by atoms with Gasteiger partial charge in [-0.25, -0.2) is 0 Å². The van der Waals surface area contributed by atoms with Gasteiger partial charge in [-0.1, -0.05) is 5.16 Å². The van der Waals surface area contributed by atoms with Gasteiger partial charge in [0, 0.05) is 12.2 Å². The van der Waals surface area contributed by atoms with E-state index in [-0.39, 0.29) is 5.75 Å². The Morgan fingerprint density at radius 3 is 3.00 bits per heavy atom. The number of benzene rings is 1. The molecule has 0 amide bonds. The molecule has 0 bridgehead atoms. The topological polar surface area (TPSA) is 68.4 Å². The molecular weight excluding hydrogens is 335 g/mol. The number of aromatic hydroxyl groups is 1. The number of nitrogens with zero attached hydrogens (tertiary/aromatic N) is 2. The Labute approximate surface area is 112 Å². The van der Waals surface area contributed by atoms with Crippen LogP contribution in [0, 0.1) is 3.57 Å². The van der Waals surface area contributed by atoms with Crippen LogP contribution in [0.2, 0.25) is 0 Å². The summed E-state index contributed by atoms with van der Waals surface area (Å²) in [6.07, 6.45) is 0. The van der Waals surface area contributed by atoms with E-state index in [9.17, 15) is 5.11 Å². The standard InChI is InChI=1S/C11H11IN2O3/c1-2-16-6-10-13-11(17-14-10)7-3-4-8(12)9(15)5-7/h3-5,15H,2,6H2,1H3. The predicted octanol–water partition coefficient (Wildman–Crippen LogP) is 2.58. The fraction of sp³-hybridized carbons (Fsp3) is 0.273. The van der Waals surface area contributed by atoms with Crippen molar-refractivity contribution >= 4 is 22.6 Å². The van der Waals surface area contributed by atoms with Crippen molar-refractivity contribution in [2.45, 2.75) is 13.5 Å². The molecule has 1 heterocycles. The number of hydrogen-bond acceptors (Lipinski definition) is 5. The van der Waals surface area contributed by atoms with Crippen LogP contribution in [0.25, 0.3) is 11.5 Å². The van der Waals surface area contributed by atoms with Gasteiger partial charge in [0.25, 0.3) is 5.89 Å². The van der Waals surface area contributed by atoms with Gasteiger partial charge in [0.1, 0.15) is 12.4 Å². The van der Waals surface area contributed by atoms with Crippen LogP contribution < -0.4 is 0 Å². The maximum absolute atomic E-state index is 9.59. The normalized spacial score (nSPS) is 10.7. The molecule has 5 nitrogen and oxygen atoms in total. The zero-order valence-corrected chi connectivity index (χ0v) is 11.3. The Balaban J connectivity index is 2.21. The van der Waals surface area contributed by atoms with Crippen molar-refractivity contribution in [2.24, 2.45) is 0 Å². The third kappa shape index (κ3) is 2.95. The highest BCUT2D eigenvalue weighted by molar-refractivity contribution is 14.1. The highest BCUT2D eigenvalue weighted by Gasteiger charge is 2.10. The lowest BCUT2D eigenvalue weighted by Crippen LogP contribution is -1.93. The molecule has 0 aliphatic carbocycles. The summed E-state index contributed by atoms with van der Waals surface area (Å²) >= 11 is 2.05. The van der Waals surface area contributed by atoms with E-state index in [4.69, 9.17) is 9.26 Å². The Bertz CT molecular complexity index is 513. The van der Waals surface area contributed by atoms with Crippen molar-refractivity contribution in [2.75, 3.05) is 6.61 Å². The monoisotopic (exact) mass is 346 g/mol. The third-order valence-electron chi connectivity index (χ3n) is 2.10. The van der Waals surface area contributed by atoms with Crippen molar-refractivity contribution in [3.8, 4) is 17.2 Å². The molecule has 6 heteroatoms. The fourth-order valence-electron chi connectivity index (χ4n) is 1.27. The molecule has 90 valence electrons. The first-order valence-electron chi connectivity index (χ1n) is 5.10. The predicted molar refractivity (Wildman–Crippen MR) is 69.4 cm³/mol. The quantitative estimate of drug-likeness (QED) is 0.862. The molecule has 0 fully saturated rings. The van der Waals surface area contributed by atoms with Gasteiger partial charge in [0.15, 0.2) is 5.82 Å². The molecule has 17 heavy (non-hydrogen) atoms. The first kappa shape index (κ1) is 12.3. The van der Waals surface area contributed by atoms with Gasteiger partial charge in [-0.05, 0) is 47.7 Å². The minimum absolute atomic E-state index is 0.202. The van der Waals surface area contributed by atoms with Crippen molar-refractivity contribution in [1.82, 2.24) is 10.1 Å². The molecule has 1 N–H and O–H groups in total. The number of halogens is 1. The molecule has 2 rings (SSSR count). The van der Waals surface area contributed by atoms with Crippen molar-refractivity contribution in [3.63, 3.8) is 0 Å². The molecule has 0 aliphatic rings. The second kappa shape index (κ2) is 5.46. The lowest BCUT2D eigenvalue weighted by Gasteiger charge is -1.98. The minimum Gasteiger partial charge on any atom is -0.507 e. The summed E-state index contributed by atoms with van der Waals surface area (Å²) in [5.74, 6) is 1.08. The SMILES string of the molecule is CCOCc1noc(-c2ccc(I)c(O)c2)n1.